The average Bonchev–Trinajstić information content (AvgIpc) is 4.34. The van der Waals surface area contributed by atoms with Crippen molar-refractivity contribution in [2.24, 2.45) is 5.16 Å². The maximum atomic E-state index is 15.4. The smallest absolute Gasteiger partial charge is 0.355 e. The molecule has 12 nitrogen and oxygen atoms in total. The van der Waals surface area contributed by atoms with E-state index in [1.54, 1.807) is 36.3 Å². The largest absolute Gasteiger partial charge is 0.497 e. The molecule has 2 aromatic heterocycles. The van der Waals surface area contributed by atoms with Gasteiger partial charge in [0.25, 0.3) is 11.8 Å². The van der Waals surface area contributed by atoms with Crippen molar-refractivity contribution < 1.29 is 28.7 Å². The Morgan fingerprint density at radius 1 is 0.692 bits per heavy atom. The van der Waals surface area contributed by atoms with Crippen molar-refractivity contribution in [1.82, 2.24) is 20.2 Å². The average molecular weight is 1080 g/mol. The molecular weight excluding hydrogens is 1030 g/mol. The molecule has 2 aliphatic heterocycles. The van der Waals surface area contributed by atoms with Crippen LogP contribution in [0.4, 0.5) is 5.13 Å². The predicted octanol–water partition coefficient (Wildman–Crippen LogP) is 11.8. The zero-order chi connectivity index (χ0) is 53.3. The van der Waals surface area contributed by atoms with Gasteiger partial charge in [0.2, 0.25) is 5.60 Å². The van der Waals surface area contributed by atoms with Gasteiger partial charge in [-0.25, -0.2) is 9.78 Å². The Labute approximate surface area is 463 Å². The van der Waals surface area contributed by atoms with Crippen LogP contribution in [0.15, 0.2) is 246 Å². The highest BCUT2D eigenvalue weighted by Gasteiger charge is 2.55. The van der Waals surface area contributed by atoms with Crippen LogP contribution in [0.25, 0.3) is 6.08 Å². The van der Waals surface area contributed by atoms with Crippen LogP contribution in [0.3, 0.4) is 0 Å². The highest BCUT2D eigenvalue weighted by Crippen LogP contribution is 2.44. The van der Waals surface area contributed by atoms with Crippen molar-refractivity contribution >= 4 is 69.1 Å². The number of allylic oxidation sites excluding steroid dienone is 1. The van der Waals surface area contributed by atoms with Crippen LogP contribution in [0.2, 0.25) is 0 Å². The molecule has 4 heterocycles. The number of anilines is 1. The van der Waals surface area contributed by atoms with E-state index in [-0.39, 0.29) is 23.7 Å². The molecule has 2 atom stereocenters. The van der Waals surface area contributed by atoms with Gasteiger partial charge in [0.15, 0.2) is 10.8 Å². The lowest BCUT2D eigenvalue weighted by atomic mass is 9.77. The standard InChI is InChI=1S/C63H50N6O6S3/c1-73-51-35-32-43(33-36-51)39-74-60(72)56-44(34-37-52-38-64-42-78-52)40-76-59-55(58(71)69(56)59)66-57(70)54(68-75-63(48-26-14-5-15-27-48,49-28-16-6-17-29-49)50-30-18-7-19-31-50)53-41-77-61(65-53)67-62(45-20-8-2-9-21-45,46-22-10-3-11-23-46)47-24-12-4-13-25-47/h2-38,41-42,55,59H,39-40H2,1H3,(H,65,67)(H,66,70)/b37-34+,68-54-. The Hall–Kier alpha value is -8.89. The Kier molecular flexibility index (Phi) is 15.2. The third-order valence-corrected chi connectivity index (χ3v) is 16.4. The van der Waals surface area contributed by atoms with Gasteiger partial charge in [-0.3, -0.25) is 19.5 Å². The first-order valence-corrected chi connectivity index (χ1v) is 27.9. The molecule has 2 aliphatic rings. The third-order valence-electron chi connectivity index (χ3n) is 13.6. The second-order valence-electron chi connectivity index (χ2n) is 18.2. The van der Waals surface area contributed by atoms with E-state index in [4.69, 9.17) is 24.5 Å². The Bertz CT molecular complexity index is 3410. The molecule has 2 N–H and O–H groups in total. The minimum Gasteiger partial charge on any atom is -0.497 e. The molecule has 9 aromatic rings. The number of thiazole rings is 2. The lowest BCUT2D eigenvalue weighted by molar-refractivity contribution is -0.153. The summed E-state index contributed by atoms with van der Waals surface area (Å²) in [6, 6.07) is 65.8. The molecule has 7 aromatic carbocycles. The molecule has 0 bridgehead atoms. The molecule has 386 valence electrons. The predicted molar refractivity (Wildman–Crippen MR) is 308 cm³/mol. The zero-order valence-corrected chi connectivity index (χ0v) is 44.5. The molecule has 0 spiro atoms. The van der Waals surface area contributed by atoms with Gasteiger partial charge >= 0.3 is 5.97 Å². The molecular formula is C63H50N6O6S3. The van der Waals surface area contributed by atoms with Gasteiger partial charge in [0.1, 0.15) is 40.7 Å². The second-order valence-corrected chi connectivity index (χ2v) is 21.1. The topological polar surface area (TPSA) is 144 Å². The molecule has 0 aliphatic carbocycles. The maximum Gasteiger partial charge on any atom is 0.355 e. The summed E-state index contributed by atoms with van der Waals surface area (Å²) in [4.78, 5) is 62.9. The number of rotatable bonds is 19. The van der Waals surface area contributed by atoms with E-state index in [2.05, 4.69) is 52.0 Å². The van der Waals surface area contributed by atoms with Crippen molar-refractivity contribution in [2.45, 2.75) is 29.2 Å². The molecule has 0 radical (unpaired) electrons. The van der Waals surface area contributed by atoms with E-state index < -0.39 is 40.3 Å². The quantitative estimate of drug-likeness (QED) is 0.0264. The maximum absolute atomic E-state index is 15.4. The van der Waals surface area contributed by atoms with Crippen LogP contribution >= 0.6 is 34.4 Å². The van der Waals surface area contributed by atoms with Gasteiger partial charge in [-0.1, -0.05) is 205 Å². The number of aromatic nitrogens is 2. The summed E-state index contributed by atoms with van der Waals surface area (Å²) in [6.07, 6.45) is 5.40. The zero-order valence-electron chi connectivity index (χ0n) is 42.0. The number of hydrogen-bond donors (Lipinski definition) is 2. The van der Waals surface area contributed by atoms with Gasteiger partial charge in [0, 0.05) is 38.9 Å². The molecule has 11 rings (SSSR count). The Morgan fingerprint density at radius 3 is 1.72 bits per heavy atom. The van der Waals surface area contributed by atoms with Crippen molar-refractivity contribution in [3.63, 3.8) is 0 Å². The Morgan fingerprint density at radius 2 is 1.22 bits per heavy atom. The minimum atomic E-state index is -1.37. The fraction of sp³-hybridized carbons (Fsp3) is 0.111. The molecule has 1 fully saturated rings. The number of benzene rings is 7. The van der Waals surface area contributed by atoms with Crippen molar-refractivity contribution in [3.8, 4) is 5.75 Å². The fourth-order valence-corrected chi connectivity index (χ4v) is 12.4. The number of oxime groups is 1. The number of amides is 2. The lowest BCUT2D eigenvalue weighted by Crippen LogP contribution is -2.71. The number of fused-ring (bicyclic) bond motifs is 1. The lowest BCUT2D eigenvalue weighted by Gasteiger charge is -2.49. The number of carbonyl (C=O) groups is 3. The SMILES string of the molecule is COc1ccc(COC(=O)C2=C(/C=C/c3cncs3)CSC3C(NC(=O)/C(=N\OC(c4ccccc4)(c4ccccc4)c4ccccc4)c4csc(NC(c5ccccc5)(c5ccccc5)c5ccccc5)n4)C(=O)N23)cc1. The summed E-state index contributed by atoms with van der Waals surface area (Å²) < 4.78 is 11.2. The summed E-state index contributed by atoms with van der Waals surface area (Å²) in [6.45, 7) is -0.0396. The summed E-state index contributed by atoms with van der Waals surface area (Å²) in [7, 11) is 1.58. The number of methoxy groups -OCH3 is 1. The van der Waals surface area contributed by atoms with E-state index in [1.807, 2.05) is 170 Å². The van der Waals surface area contributed by atoms with Crippen LogP contribution in [-0.2, 0) is 41.7 Å². The molecule has 1 saturated heterocycles. The highest BCUT2D eigenvalue weighted by atomic mass is 32.2. The number of hydrogen-bond acceptors (Lipinski definition) is 13. The summed E-state index contributed by atoms with van der Waals surface area (Å²) in [5.74, 6) is -0.869. The fourth-order valence-electron chi connectivity index (χ4n) is 9.78. The highest BCUT2D eigenvalue weighted by molar-refractivity contribution is 8.00. The number of nitrogens with one attached hydrogen (secondary N) is 2. The van der Waals surface area contributed by atoms with Gasteiger partial charge in [-0.2, -0.15) is 0 Å². The first-order valence-electron chi connectivity index (χ1n) is 25.0. The summed E-state index contributed by atoms with van der Waals surface area (Å²) >= 11 is 4.18. The number of carbonyl (C=O) groups excluding carboxylic acids is 3. The number of esters is 1. The van der Waals surface area contributed by atoms with E-state index in [0.29, 0.717) is 22.2 Å². The molecule has 2 unspecified atom stereocenters. The van der Waals surface area contributed by atoms with E-state index in [1.165, 1.54) is 39.3 Å². The van der Waals surface area contributed by atoms with E-state index in [9.17, 15) is 9.59 Å². The van der Waals surface area contributed by atoms with Crippen LogP contribution in [0, 0.1) is 0 Å². The molecule has 0 saturated carbocycles. The summed E-state index contributed by atoms with van der Waals surface area (Å²) in [5, 5.41) is 13.3. The Balaban J connectivity index is 0.980. The normalized spacial score (nSPS) is 15.5. The first-order chi connectivity index (χ1) is 38.4. The molecule has 78 heavy (non-hydrogen) atoms. The molecule has 15 heteroatoms. The second kappa shape index (κ2) is 23.2. The number of β-lactam (4-membered cyclic amide) rings is 1. The summed E-state index contributed by atoms with van der Waals surface area (Å²) in [5.41, 5.74) is 6.04. The van der Waals surface area contributed by atoms with Gasteiger partial charge in [-0.05, 0) is 46.0 Å². The van der Waals surface area contributed by atoms with E-state index in [0.717, 1.165) is 43.8 Å². The number of ether oxygens (including phenoxy) is 2. The minimum absolute atomic E-state index is 0.0396. The van der Waals surface area contributed by atoms with Crippen molar-refractivity contribution in [2.75, 3.05) is 18.2 Å². The van der Waals surface area contributed by atoms with Gasteiger partial charge in [0.05, 0.1) is 12.6 Å². The third kappa shape index (κ3) is 10.3. The van der Waals surface area contributed by atoms with Crippen molar-refractivity contribution in [3.05, 3.63) is 290 Å². The van der Waals surface area contributed by atoms with Crippen LogP contribution in [0.1, 0.15) is 49.5 Å². The van der Waals surface area contributed by atoms with Crippen LogP contribution in [0.5, 0.6) is 5.75 Å². The number of nitrogens with zero attached hydrogens (tertiary/aromatic N) is 4. The first kappa shape index (κ1) is 51.2. The van der Waals surface area contributed by atoms with Crippen LogP contribution in [-0.4, -0.2) is 62.6 Å². The van der Waals surface area contributed by atoms with E-state index >= 15 is 4.79 Å². The van der Waals surface area contributed by atoms with Crippen LogP contribution < -0.4 is 15.4 Å². The van der Waals surface area contributed by atoms with Gasteiger partial charge in [-0.15, -0.1) is 34.4 Å². The number of thioether (sulfide) groups is 1. The van der Waals surface area contributed by atoms with Crippen molar-refractivity contribution in [1.29, 1.82) is 0 Å². The monoisotopic (exact) mass is 1080 g/mol. The van der Waals surface area contributed by atoms with Gasteiger partial charge < -0.3 is 24.9 Å². The molecule has 2 amide bonds.